The van der Waals surface area contributed by atoms with Gasteiger partial charge in [-0.3, -0.25) is 4.68 Å². The molecule has 3 rings (SSSR count). The van der Waals surface area contributed by atoms with E-state index in [1.54, 1.807) is 22.6 Å². The molecule has 0 amide bonds. The maximum Gasteiger partial charge on any atom is 0.191 e. The van der Waals surface area contributed by atoms with Crippen LogP contribution in [0.3, 0.4) is 0 Å². The van der Waals surface area contributed by atoms with Gasteiger partial charge in [-0.25, -0.2) is 0 Å². The van der Waals surface area contributed by atoms with Gasteiger partial charge in [-0.1, -0.05) is 31.5 Å². The predicted molar refractivity (Wildman–Crippen MR) is 90.4 cm³/mol. The van der Waals surface area contributed by atoms with E-state index in [4.69, 9.17) is 0 Å². The number of hydrogen-bond acceptors (Lipinski definition) is 5. The third kappa shape index (κ3) is 4.14. The van der Waals surface area contributed by atoms with Crippen molar-refractivity contribution in [3.63, 3.8) is 0 Å². The number of rotatable bonds is 6. The Balaban J connectivity index is 1.62. The monoisotopic (exact) mass is 335 g/mol. The largest absolute Gasteiger partial charge is 0.390 e. The molecule has 0 bridgehead atoms. The Bertz CT molecular complexity index is 612. The lowest BCUT2D eigenvalue weighted by atomic mass is 9.87. The molecule has 0 aliphatic heterocycles. The number of thioether (sulfide) groups is 1. The van der Waals surface area contributed by atoms with Crippen LogP contribution in [-0.2, 0) is 6.54 Å². The van der Waals surface area contributed by atoms with Crippen molar-refractivity contribution in [1.82, 2.24) is 24.5 Å². The molecule has 2 heterocycles. The van der Waals surface area contributed by atoms with Gasteiger partial charge in [0.05, 0.1) is 12.6 Å². The summed E-state index contributed by atoms with van der Waals surface area (Å²) in [5.74, 6) is 2.34. The highest BCUT2D eigenvalue weighted by atomic mass is 32.2. The molecule has 1 N–H and O–H groups in total. The van der Waals surface area contributed by atoms with Gasteiger partial charge in [0.1, 0.15) is 5.82 Å². The lowest BCUT2D eigenvalue weighted by Gasteiger charge is -2.29. The Morgan fingerprint density at radius 1 is 1.39 bits per heavy atom. The van der Waals surface area contributed by atoms with Gasteiger partial charge < -0.3 is 9.67 Å². The Morgan fingerprint density at radius 3 is 3.00 bits per heavy atom. The molecule has 6 nitrogen and oxygen atoms in total. The van der Waals surface area contributed by atoms with Crippen LogP contribution in [0.5, 0.6) is 0 Å². The number of nitrogens with zero attached hydrogens (tertiary/aromatic N) is 5. The summed E-state index contributed by atoms with van der Waals surface area (Å²) in [6, 6.07) is 2.36. The summed E-state index contributed by atoms with van der Waals surface area (Å²) in [6.07, 6.45) is 8.14. The van der Waals surface area contributed by atoms with E-state index in [1.807, 2.05) is 19.2 Å². The van der Waals surface area contributed by atoms with Gasteiger partial charge >= 0.3 is 0 Å². The SMILES string of the molecule is Cc1nnc(SC[C@H](O)Cn2cccn2)n1[C@@H]1CCC[C@@H](C)C1. The second-order valence-corrected chi connectivity index (χ2v) is 7.51. The molecular weight excluding hydrogens is 310 g/mol. The van der Waals surface area contributed by atoms with Crippen LogP contribution in [0, 0.1) is 12.8 Å². The predicted octanol–water partition coefficient (Wildman–Crippen LogP) is 2.69. The van der Waals surface area contributed by atoms with Gasteiger partial charge in [0.2, 0.25) is 0 Å². The van der Waals surface area contributed by atoms with Crippen LogP contribution >= 0.6 is 11.8 Å². The molecular formula is C16H25N5OS. The summed E-state index contributed by atoms with van der Waals surface area (Å²) >= 11 is 1.59. The van der Waals surface area contributed by atoms with Gasteiger partial charge in [0.25, 0.3) is 0 Å². The molecule has 23 heavy (non-hydrogen) atoms. The van der Waals surface area contributed by atoms with E-state index < -0.39 is 6.10 Å². The first-order valence-electron chi connectivity index (χ1n) is 8.33. The fourth-order valence-electron chi connectivity index (χ4n) is 3.35. The van der Waals surface area contributed by atoms with Gasteiger partial charge in [-0.2, -0.15) is 5.10 Å². The van der Waals surface area contributed by atoms with Crippen LogP contribution in [0.2, 0.25) is 0 Å². The fraction of sp³-hybridized carbons (Fsp3) is 0.688. The normalized spacial score (nSPS) is 23.1. The van der Waals surface area contributed by atoms with Gasteiger partial charge in [-0.05, 0) is 31.7 Å². The Kier molecular flexibility index (Phi) is 5.38. The number of aryl methyl sites for hydroxylation is 1. The van der Waals surface area contributed by atoms with E-state index in [2.05, 4.69) is 26.8 Å². The number of aliphatic hydroxyl groups excluding tert-OH is 1. The van der Waals surface area contributed by atoms with Crippen LogP contribution in [-0.4, -0.2) is 41.5 Å². The second kappa shape index (κ2) is 7.49. The van der Waals surface area contributed by atoms with Crippen molar-refractivity contribution in [1.29, 1.82) is 0 Å². The van der Waals surface area contributed by atoms with Crippen LogP contribution in [0.1, 0.15) is 44.5 Å². The van der Waals surface area contributed by atoms with Crippen LogP contribution in [0.4, 0.5) is 0 Å². The molecule has 0 spiro atoms. The molecule has 7 heteroatoms. The molecule has 0 aromatic carbocycles. The molecule has 2 aromatic heterocycles. The van der Waals surface area contributed by atoms with Crippen LogP contribution in [0.25, 0.3) is 0 Å². The fourth-order valence-corrected chi connectivity index (χ4v) is 4.32. The molecule has 1 aliphatic rings. The standard InChI is InChI=1S/C16H25N5OS/c1-12-5-3-6-14(9-12)21-13(2)18-19-16(21)23-11-15(22)10-20-8-4-7-17-20/h4,7-8,12,14-15,22H,3,5-6,9-11H2,1-2H3/t12-,14-,15-/m1/s1. The zero-order chi connectivity index (χ0) is 16.2. The minimum Gasteiger partial charge on any atom is -0.390 e. The van der Waals surface area contributed by atoms with E-state index in [0.717, 1.165) is 16.9 Å². The summed E-state index contributed by atoms with van der Waals surface area (Å²) in [5, 5.41) is 23.8. The van der Waals surface area contributed by atoms with E-state index in [-0.39, 0.29) is 0 Å². The highest BCUT2D eigenvalue weighted by molar-refractivity contribution is 7.99. The zero-order valence-corrected chi connectivity index (χ0v) is 14.6. The third-order valence-corrected chi connectivity index (χ3v) is 5.56. The number of aromatic nitrogens is 5. The first kappa shape index (κ1) is 16.5. The average molecular weight is 335 g/mol. The second-order valence-electron chi connectivity index (χ2n) is 6.52. The summed E-state index contributed by atoms with van der Waals surface area (Å²) in [5.41, 5.74) is 0. The van der Waals surface area contributed by atoms with Gasteiger partial charge in [-0.15, -0.1) is 10.2 Å². The minimum atomic E-state index is -0.448. The van der Waals surface area contributed by atoms with E-state index in [0.29, 0.717) is 18.3 Å². The lowest BCUT2D eigenvalue weighted by molar-refractivity contribution is 0.172. The zero-order valence-electron chi connectivity index (χ0n) is 13.8. The number of hydrogen-bond donors (Lipinski definition) is 1. The van der Waals surface area contributed by atoms with Crippen LogP contribution < -0.4 is 0 Å². The highest BCUT2D eigenvalue weighted by Gasteiger charge is 2.24. The summed E-state index contributed by atoms with van der Waals surface area (Å²) in [7, 11) is 0. The van der Waals surface area contributed by atoms with Crippen molar-refractivity contribution in [2.24, 2.45) is 5.92 Å². The molecule has 126 valence electrons. The highest BCUT2D eigenvalue weighted by Crippen LogP contribution is 2.35. The van der Waals surface area contributed by atoms with Crippen LogP contribution in [0.15, 0.2) is 23.6 Å². The molecule has 2 aromatic rings. The smallest absolute Gasteiger partial charge is 0.191 e. The molecule has 1 saturated carbocycles. The van der Waals surface area contributed by atoms with Crippen molar-refractivity contribution < 1.29 is 5.11 Å². The third-order valence-electron chi connectivity index (χ3n) is 4.47. The van der Waals surface area contributed by atoms with Crippen molar-refractivity contribution >= 4 is 11.8 Å². The van der Waals surface area contributed by atoms with Crippen molar-refractivity contribution in [2.75, 3.05) is 5.75 Å². The topological polar surface area (TPSA) is 68.8 Å². The summed E-state index contributed by atoms with van der Waals surface area (Å²) in [6.45, 7) is 4.86. The Hall–Kier alpha value is -1.34. The summed E-state index contributed by atoms with van der Waals surface area (Å²) < 4.78 is 4.03. The Morgan fingerprint density at radius 2 is 2.26 bits per heavy atom. The molecule has 0 saturated heterocycles. The molecule has 1 fully saturated rings. The molecule has 1 aliphatic carbocycles. The first-order valence-corrected chi connectivity index (χ1v) is 9.32. The van der Waals surface area contributed by atoms with E-state index in [9.17, 15) is 5.11 Å². The quantitative estimate of drug-likeness (QED) is 0.822. The maximum absolute atomic E-state index is 10.2. The van der Waals surface area contributed by atoms with Gasteiger partial charge in [0.15, 0.2) is 5.16 Å². The van der Waals surface area contributed by atoms with Crippen molar-refractivity contribution in [3.05, 3.63) is 24.3 Å². The lowest BCUT2D eigenvalue weighted by Crippen LogP contribution is -2.21. The minimum absolute atomic E-state index is 0.448. The maximum atomic E-state index is 10.2. The Labute approximate surface area is 141 Å². The van der Waals surface area contributed by atoms with Crippen molar-refractivity contribution in [2.45, 2.75) is 63.4 Å². The van der Waals surface area contributed by atoms with E-state index in [1.165, 1.54) is 25.7 Å². The first-order chi connectivity index (χ1) is 11.1. The summed E-state index contributed by atoms with van der Waals surface area (Å²) in [4.78, 5) is 0. The average Bonchev–Trinajstić information content (AvgIpc) is 3.15. The molecule has 0 radical (unpaired) electrons. The number of aliphatic hydroxyl groups is 1. The van der Waals surface area contributed by atoms with E-state index >= 15 is 0 Å². The molecule has 0 unspecified atom stereocenters. The van der Waals surface area contributed by atoms with Gasteiger partial charge in [0, 0.05) is 24.2 Å². The van der Waals surface area contributed by atoms with Crippen molar-refractivity contribution in [3.8, 4) is 0 Å². The molecule has 3 atom stereocenters.